The molecule has 1 heterocycles. The summed E-state index contributed by atoms with van der Waals surface area (Å²) in [6.07, 6.45) is 0. The number of rotatable bonds is 8. The van der Waals surface area contributed by atoms with E-state index < -0.39 is 0 Å². The first-order valence-corrected chi connectivity index (χ1v) is 11.5. The van der Waals surface area contributed by atoms with Crippen LogP contribution in [0.15, 0.2) is 60.7 Å². The Morgan fingerprint density at radius 3 is 1.97 bits per heavy atom. The first kappa shape index (κ1) is 23.1. The van der Waals surface area contributed by atoms with Crippen LogP contribution in [0.3, 0.4) is 0 Å². The predicted molar refractivity (Wildman–Crippen MR) is 133 cm³/mol. The van der Waals surface area contributed by atoms with Gasteiger partial charge in [-0.1, -0.05) is 54.1 Å². The molecule has 0 N–H and O–H groups in total. The van der Waals surface area contributed by atoms with Crippen LogP contribution in [-0.2, 0) is 13.1 Å². The van der Waals surface area contributed by atoms with Crippen LogP contribution in [-0.4, -0.2) is 57.3 Å². The highest BCUT2D eigenvalue weighted by molar-refractivity contribution is 5.64. The molecular formula is C28H34N2O3. The molecule has 1 fully saturated rings. The third-order valence-electron chi connectivity index (χ3n) is 6.36. The highest BCUT2D eigenvalue weighted by Crippen LogP contribution is 2.40. The molecule has 3 aromatic rings. The minimum atomic E-state index is 0.657. The van der Waals surface area contributed by atoms with Crippen molar-refractivity contribution in [3.8, 4) is 28.4 Å². The summed E-state index contributed by atoms with van der Waals surface area (Å²) in [6, 6.07) is 21.7. The highest BCUT2D eigenvalue weighted by Gasteiger charge is 2.21. The summed E-state index contributed by atoms with van der Waals surface area (Å²) in [5, 5.41) is 0. The average Bonchev–Trinajstić information content (AvgIpc) is 2.85. The maximum absolute atomic E-state index is 5.66. The van der Waals surface area contributed by atoms with E-state index in [1.54, 1.807) is 21.3 Å². The molecule has 174 valence electrons. The van der Waals surface area contributed by atoms with E-state index in [2.05, 4.69) is 71.3 Å². The molecule has 4 rings (SSSR count). The lowest BCUT2D eigenvalue weighted by Gasteiger charge is -2.35. The van der Waals surface area contributed by atoms with Gasteiger partial charge in [0.05, 0.1) is 21.3 Å². The summed E-state index contributed by atoms with van der Waals surface area (Å²) in [4.78, 5) is 5.01. The van der Waals surface area contributed by atoms with Gasteiger partial charge < -0.3 is 14.2 Å². The normalized spacial score (nSPS) is 14.8. The van der Waals surface area contributed by atoms with Crippen molar-refractivity contribution < 1.29 is 14.2 Å². The first-order chi connectivity index (χ1) is 16.1. The summed E-state index contributed by atoms with van der Waals surface area (Å²) in [6.45, 7) is 8.08. The van der Waals surface area contributed by atoms with Crippen molar-refractivity contribution in [2.45, 2.75) is 20.0 Å². The molecule has 0 aromatic heterocycles. The summed E-state index contributed by atoms with van der Waals surface area (Å²) in [5.74, 6) is 2.10. The topological polar surface area (TPSA) is 34.2 Å². The van der Waals surface area contributed by atoms with Crippen molar-refractivity contribution in [2.75, 3.05) is 47.5 Å². The van der Waals surface area contributed by atoms with Crippen molar-refractivity contribution in [3.05, 3.63) is 77.4 Å². The number of aryl methyl sites for hydroxylation is 1. The summed E-state index contributed by atoms with van der Waals surface area (Å²) in [5.41, 5.74) is 6.33. The molecule has 33 heavy (non-hydrogen) atoms. The van der Waals surface area contributed by atoms with Gasteiger partial charge in [0, 0.05) is 44.8 Å². The number of hydrogen-bond acceptors (Lipinski definition) is 5. The number of methoxy groups -OCH3 is 3. The third-order valence-corrected chi connectivity index (χ3v) is 6.36. The quantitative estimate of drug-likeness (QED) is 0.486. The molecule has 5 nitrogen and oxygen atoms in total. The van der Waals surface area contributed by atoms with E-state index in [1.165, 1.54) is 22.3 Å². The fraction of sp³-hybridized carbons (Fsp3) is 0.357. The summed E-state index contributed by atoms with van der Waals surface area (Å²) in [7, 11) is 4.98. The number of ether oxygens (including phenoxy) is 3. The lowest BCUT2D eigenvalue weighted by Crippen LogP contribution is -2.45. The van der Waals surface area contributed by atoms with E-state index in [4.69, 9.17) is 14.2 Å². The van der Waals surface area contributed by atoms with E-state index in [-0.39, 0.29) is 0 Å². The van der Waals surface area contributed by atoms with Gasteiger partial charge in [-0.05, 0) is 35.7 Å². The lowest BCUT2D eigenvalue weighted by molar-refractivity contribution is 0.121. The Labute approximate surface area is 197 Å². The van der Waals surface area contributed by atoms with Crippen LogP contribution in [0.25, 0.3) is 11.1 Å². The summed E-state index contributed by atoms with van der Waals surface area (Å²) >= 11 is 0. The van der Waals surface area contributed by atoms with Crippen molar-refractivity contribution in [1.29, 1.82) is 0 Å². The van der Waals surface area contributed by atoms with Crippen LogP contribution in [0.1, 0.15) is 16.7 Å². The van der Waals surface area contributed by atoms with Crippen molar-refractivity contribution in [1.82, 2.24) is 9.80 Å². The fourth-order valence-corrected chi connectivity index (χ4v) is 4.49. The van der Waals surface area contributed by atoms with Crippen molar-refractivity contribution >= 4 is 0 Å². The second kappa shape index (κ2) is 10.7. The monoisotopic (exact) mass is 446 g/mol. The van der Waals surface area contributed by atoms with Gasteiger partial charge in [0.15, 0.2) is 11.5 Å². The van der Waals surface area contributed by atoms with Crippen LogP contribution in [0.2, 0.25) is 0 Å². The molecular weight excluding hydrogens is 412 g/mol. The molecule has 0 aliphatic carbocycles. The molecule has 0 spiro atoms. The Morgan fingerprint density at radius 1 is 0.667 bits per heavy atom. The Balaban J connectivity index is 1.36. The van der Waals surface area contributed by atoms with Crippen LogP contribution >= 0.6 is 0 Å². The maximum Gasteiger partial charge on any atom is 0.203 e. The molecule has 5 heteroatoms. The molecule has 1 saturated heterocycles. The smallest absolute Gasteiger partial charge is 0.203 e. The number of benzene rings is 3. The molecule has 1 aliphatic rings. The second-order valence-electron chi connectivity index (χ2n) is 8.61. The lowest BCUT2D eigenvalue weighted by atomic mass is 10.0. The zero-order valence-electron chi connectivity index (χ0n) is 20.1. The van der Waals surface area contributed by atoms with Gasteiger partial charge in [-0.25, -0.2) is 0 Å². The third kappa shape index (κ3) is 5.49. The predicted octanol–water partition coefficient (Wildman–Crippen LogP) is 5.01. The Bertz CT molecular complexity index is 1060. The van der Waals surface area contributed by atoms with Crippen LogP contribution < -0.4 is 14.2 Å². The van der Waals surface area contributed by atoms with E-state index in [9.17, 15) is 0 Å². The molecule has 0 saturated carbocycles. The van der Waals surface area contributed by atoms with E-state index in [1.807, 2.05) is 6.07 Å². The Hall–Kier alpha value is -3.02. The number of hydrogen-bond donors (Lipinski definition) is 0. The summed E-state index contributed by atoms with van der Waals surface area (Å²) < 4.78 is 16.6. The average molecular weight is 447 g/mol. The van der Waals surface area contributed by atoms with Gasteiger partial charge in [-0.2, -0.15) is 0 Å². The van der Waals surface area contributed by atoms with Crippen LogP contribution in [0.5, 0.6) is 17.2 Å². The standard InChI is InChI=1S/C28H34N2O3/c1-21-8-10-23(11-9-21)24-7-5-6-22(18-24)19-29-14-16-30(17-15-29)20-25-12-13-26(31-2)28(33-4)27(25)32-3/h5-13,18H,14-17,19-20H2,1-4H3. The van der Waals surface area contributed by atoms with Crippen LogP contribution in [0.4, 0.5) is 0 Å². The first-order valence-electron chi connectivity index (χ1n) is 11.5. The largest absolute Gasteiger partial charge is 0.493 e. The van der Waals surface area contributed by atoms with E-state index in [0.717, 1.165) is 50.6 Å². The molecule has 0 amide bonds. The van der Waals surface area contributed by atoms with Gasteiger partial charge in [-0.3, -0.25) is 9.80 Å². The van der Waals surface area contributed by atoms with Gasteiger partial charge >= 0.3 is 0 Å². The van der Waals surface area contributed by atoms with E-state index >= 15 is 0 Å². The number of nitrogens with zero attached hydrogens (tertiary/aromatic N) is 2. The minimum Gasteiger partial charge on any atom is -0.493 e. The Morgan fingerprint density at radius 2 is 1.33 bits per heavy atom. The molecule has 0 radical (unpaired) electrons. The SMILES string of the molecule is COc1ccc(CN2CCN(Cc3cccc(-c4ccc(C)cc4)c3)CC2)c(OC)c1OC. The van der Waals surface area contributed by atoms with Gasteiger partial charge in [0.25, 0.3) is 0 Å². The fourth-order valence-electron chi connectivity index (χ4n) is 4.49. The zero-order valence-corrected chi connectivity index (χ0v) is 20.1. The molecule has 0 bridgehead atoms. The number of piperazine rings is 1. The zero-order chi connectivity index (χ0) is 23.2. The Kier molecular flexibility index (Phi) is 7.53. The second-order valence-corrected chi connectivity index (χ2v) is 8.61. The van der Waals surface area contributed by atoms with E-state index in [0.29, 0.717) is 11.5 Å². The van der Waals surface area contributed by atoms with Crippen molar-refractivity contribution in [3.63, 3.8) is 0 Å². The highest BCUT2D eigenvalue weighted by atomic mass is 16.5. The van der Waals surface area contributed by atoms with Crippen LogP contribution in [0, 0.1) is 6.92 Å². The molecule has 3 aromatic carbocycles. The van der Waals surface area contributed by atoms with Gasteiger partial charge in [-0.15, -0.1) is 0 Å². The molecule has 0 atom stereocenters. The molecule has 1 aliphatic heterocycles. The van der Waals surface area contributed by atoms with Gasteiger partial charge in [0.2, 0.25) is 5.75 Å². The maximum atomic E-state index is 5.66. The van der Waals surface area contributed by atoms with Gasteiger partial charge in [0.1, 0.15) is 0 Å². The van der Waals surface area contributed by atoms with Crippen molar-refractivity contribution in [2.24, 2.45) is 0 Å². The molecule has 0 unspecified atom stereocenters. The minimum absolute atomic E-state index is 0.657.